The number of rotatable bonds is 4. The van der Waals surface area contributed by atoms with Gasteiger partial charge >= 0.3 is 0 Å². The lowest BCUT2D eigenvalue weighted by Gasteiger charge is -2.10. The molecule has 27 heavy (non-hydrogen) atoms. The van der Waals surface area contributed by atoms with Crippen molar-refractivity contribution in [3.05, 3.63) is 64.8 Å². The van der Waals surface area contributed by atoms with E-state index < -0.39 is 44.1 Å². The lowest BCUT2D eigenvalue weighted by molar-refractivity contribution is 0.145. The molecule has 142 valence electrons. The molecule has 0 fully saturated rings. The van der Waals surface area contributed by atoms with Crippen LogP contribution in [0.15, 0.2) is 47.4 Å². The van der Waals surface area contributed by atoms with Crippen LogP contribution in [-0.2, 0) is 9.84 Å². The van der Waals surface area contributed by atoms with Gasteiger partial charge in [0.05, 0.1) is 11.4 Å². The summed E-state index contributed by atoms with van der Waals surface area (Å²) in [6, 6.07) is 8.04. The first-order valence-electron chi connectivity index (χ1n) is 7.41. The normalized spacial score (nSPS) is 12.0. The molecule has 0 amide bonds. The third kappa shape index (κ3) is 3.84. The first-order valence-corrected chi connectivity index (χ1v) is 9.68. The van der Waals surface area contributed by atoms with Crippen molar-refractivity contribution in [2.24, 2.45) is 0 Å². The Balaban J connectivity index is 2.27. The third-order valence-corrected chi connectivity index (χ3v) is 5.05. The molecule has 0 spiro atoms. The van der Waals surface area contributed by atoms with Crippen LogP contribution in [-0.4, -0.2) is 24.5 Å². The van der Waals surface area contributed by atoms with Gasteiger partial charge in [-0.2, -0.15) is 5.10 Å². The molecule has 3 rings (SSSR count). The molecule has 2 aromatic carbocycles. The molecule has 3 aromatic rings. The van der Waals surface area contributed by atoms with Crippen molar-refractivity contribution in [1.82, 2.24) is 9.78 Å². The average Bonchev–Trinajstić information content (AvgIpc) is 3.01. The van der Waals surface area contributed by atoms with Gasteiger partial charge in [0.1, 0.15) is 22.2 Å². The summed E-state index contributed by atoms with van der Waals surface area (Å²) in [7, 11) is -4.01. The molecular formula is C17H11ClF4N2O2S. The Morgan fingerprint density at radius 2 is 1.78 bits per heavy atom. The van der Waals surface area contributed by atoms with E-state index in [4.69, 9.17) is 11.6 Å². The molecule has 0 aliphatic heterocycles. The monoisotopic (exact) mass is 418 g/mol. The zero-order valence-corrected chi connectivity index (χ0v) is 15.2. The summed E-state index contributed by atoms with van der Waals surface area (Å²) in [5, 5.41) is 4.02. The van der Waals surface area contributed by atoms with Crippen molar-refractivity contribution < 1.29 is 26.0 Å². The maximum atomic E-state index is 14.5. The minimum atomic E-state index is -4.01. The minimum absolute atomic E-state index is 0.177. The molecule has 0 aliphatic carbocycles. The number of alkyl halides is 2. The summed E-state index contributed by atoms with van der Waals surface area (Å²) in [5.41, 5.74) is -1.00. The maximum Gasteiger partial charge on any atom is 0.282 e. The SMILES string of the molecule is CS(=O)(=O)c1cc(F)c(-c2cc(C(F)F)nn2-c2cccc(Cl)c2)cc1F. The van der Waals surface area contributed by atoms with Crippen LogP contribution in [0.5, 0.6) is 0 Å². The van der Waals surface area contributed by atoms with Gasteiger partial charge in [-0.3, -0.25) is 0 Å². The summed E-state index contributed by atoms with van der Waals surface area (Å²) in [5.74, 6) is -2.30. The summed E-state index contributed by atoms with van der Waals surface area (Å²) >= 11 is 5.90. The fraction of sp³-hybridized carbons (Fsp3) is 0.118. The van der Waals surface area contributed by atoms with Gasteiger partial charge in [-0.15, -0.1) is 0 Å². The van der Waals surface area contributed by atoms with E-state index in [0.717, 1.165) is 17.0 Å². The van der Waals surface area contributed by atoms with Crippen LogP contribution in [0.3, 0.4) is 0 Å². The van der Waals surface area contributed by atoms with E-state index in [2.05, 4.69) is 5.10 Å². The van der Waals surface area contributed by atoms with E-state index in [-0.39, 0.29) is 16.4 Å². The van der Waals surface area contributed by atoms with E-state index in [1.54, 1.807) is 6.07 Å². The van der Waals surface area contributed by atoms with Gasteiger partial charge < -0.3 is 0 Å². The second-order valence-corrected chi connectivity index (χ2v) is 8.10. The zero-order chi connectivity index (χ0) is 19.9. The molecule has 0 bridgehead atoms. The van der Waals surface area contributed by atoms with Crippen LogP contribution in [0.2, 0.25) is 5.02 Å². The van der Waals surface area contributed by atoms with Crippen LogP contribution >= 0.6 is 11.6 Å². The summed E-state index contributed by atoms with van der Waals surface area (Å²) in [6.07, 6.45) is -2.22. The standard InChI is InChI=1S/C17H11ClF4N2O2S/c1-27(25,26)16-7-12(19)11(6-13(16)20)15-8-14(17(21)22)23-24(15)10-4-2-3-9(18)5-10/h2-8,17H,1H3. The van der Waals surface area contributed by atoms with Crippen LogP contribution in [0, 0.1) is 11.6 Å². The first-order chi connectivity index (χ1) is 12.6. The third-order valence-electron chi connectivity index (χ3n) is 3.70. The summed E-state index contributed by atoms with van der Waals surface area (Å²) in [4.78, 5) is -0.827. The quantitative estimate of drug-likeness (QED) is 0.571. The van der Waals surface area contributed by atoms with E-state index in [1.165, 1.54) is 18.2 Å². The molecule has 1 heterocycles. The molecule has 10 heteroatoms. The largest absolute Gasteiger partial charge is 0.282 e. The molecule has 0 saturated heterocycles. The van der Waals surface area contributed by atoms with Crippen LogP contribution < -0.4 is 0 Å². The number of aromatic nitrogens is 2. The molecular weight excluding hydrogens is 408 g/mol. The second kappa shape index (κ2) is 6.97. The highest BCUT2D eigenvalue weighted by atomic mass is 35.5. The first kappa shape index (κ1) is 19.4. The number of hydrogen-bond donors (Lipinski definition) is 0. The van der Waals surface area contributed by atoms with Crippen molar-refractivity contribution in [2.75, 3.05) is 6.26 Å². The van der Waals surface area contributed by atoms with Gasteiger partial charge in [0.2, 0.25) is 0 Å². The van der Waals surface area contributed by atoms with Gasteiger partial charge in [0, 0.05) is 16.8 Å². The smallest absolute Gasteiger partial charge is 0.232 e. The Bertz CT molecular complexity index is 1130. The molecule has 0 atom stereocenters. The Hall–Kier alpha value is -2.39. The molecule has 1 aromatic heterocycles. The molecule has 0 aliphatic rings. The van der Waals surface area contributed by atoms with E-state index in [1.807, 2.05) is 0 Å². The Labute approximate surface area is 156 Å². The van der Waals surface area contributed by atoms with Gasteiger partial charge in [-0.25, -0.2) is 30.7 Å². The Kier molecular flexibility index (Phi) is 5.00. The number of sulfone groups is 1. The van der Waals surface area contributed by atoms with Gasteiger partial charge in [-0.05, 0) is 36.4 Å². The fourth-order valence-electron chi connectivity index (χ4n) is 2.51. The van der Waals surface area contributed by atoms with Gasteiger partial charge in [-0.1, -0.05) is 17.7 Å². The van der Waals surface area contributed by atoms with Crippen molar-refractivity contribution in [3.8, 4) is 16.9 Å². The number of hydrogen-bond acceptors (Lipinski definition) is 3. The maximum absolute atomic E-state index is 14.5. The number of halogens is 5. The van der Waals surface area contributed by atoms with E-state index in [0.29, 0.717) is 12.1 Å². The summed E-state index contributed by atoms with van der Waals surface area (Å²) < 4.78 is 79.1. The highest BCUT2D eigenvalue weighted by Gasteiger charge is 2.23. The average molecular weight is 419 g/mol. The predicted molar refractivity (Wildman–Crippen MR) is 92.0 cm³/mol. The van der Waals surface area contributed by atoms with Crippen LogP contribution in [0.4, 0.5) is 17.6 Å². The minimum Gasteiger partial charge on any atom is -0.232 e. The molecule has 0 unspecified atom stereocenters. The molecule has 4 nitrogen and oxygen atoms in total. The zero-order valence-electron chi connectivity index (χ0n) is 13.6. The van der Waals surface area contributed by atoms with E-state index >= 15 is 0 Å². The van der Waals surface area contributed by atoms with Crippen LogP contribution in [0.25, 0.3) is 16.9 Å². The van der Waals surface area contributed by atoms with Crippen molar-refractivity contribution in [2.45, 2.75) is 11.3 Å². The number of benzene rings is 2. The fourth-order valence-corrected chi connectivity index (χ4v) is 3.43. The Morgan fingerprint density at radius 1 is 1.07 bits per heavy atom. The molecule has 0 N–H and O–H groups in total. The second-order valence-electron chi connectivity index (χ2n) is 5.68. The highest BCUT2D eigenvalue weighted by molar-refractivity contribution is 7.90. The highest BCUT2D eigenvalue weighted by Crippen LogP contribution is 2.32. The topological polar surface area (TPSA) is 52.0 Å². The lowest BCUT2D eigenvalue weighted by Crippen LogP contribution is -2.05. The lowest BCUT2D eigenvalue weighted by atomic mass is 10.1. The summed E-state index contributed by atoms with van der Waals surface area (Å²) in [6.45, 7) is 0. The van der Waals surface area contributed by atoms with Gasteiger partial charge in [0.15, 0.2) is 9.84 Å². The number of nitrogens with zero attached hydrogens (tertiary/aromatic N) is 2. The van der Waals surface area contributed by atoms with E-state index in [9.17, 15) is 26.0 Å². The predicted octanol–water partition coefficient (Wildman–Crippen LogP) is 4.81. The van der Waals surface area contributed by atoms with Crippen molar-refractivity contribution >= 4 is 21.4 Å². The van der Waals surface area contributed by atoms with Crippen LogP contribution in [0.1, 0.15) is 12.1 Å². The molecule has 0 radical (unpaired) electrons. The van der Waals surface area contributed by atoms with Crippen molar-refractivity contribution in [3.63, 3.8) is 0 Å². The van der Waals surface area contributed by atoms with Gasteiger partial charge in [0.25, 0.3) is 6.43 Å². The Morgan fingerprint density at radius 3 is 2.37 bits per heavy atom. The molecule has 0 saturated carbocycles. The van der Waals surface area contributed by atoms with Crippen molar-refractivity contribution in [1.29, 1.82) is 0 Å².